The maximum Gasteiger partial charge on any atom is 0.159 e. The van der Waals surface area contributed by atoms with E-state index in [1.165, 1.54) is 33.0 Å². The molecule has 5 heteroatoms. The zero-order valence-corrected chi connectivity index (χ0v) is 36.2. The number of benzene rings is 10. The van der Waals surface area contributed by atoms with Crippen LogP contribution in [-0.2, 0) is 5.41 Å². The summed E-state index contributed by atoms with van der Waals surface area (Å²) >= 11 is 0. The molecule has 3 aromatic heterocycles. The normalized spacial score (nSPS) is 13.1. The zero-order valence-electron chi connectivity index (χ0n) is 36.2. The third-order valence-electron chi connectivity index (χ3n) is 14.0. The highest BCUT2D eigenvalue weighted by molar-refractivity contribution is 6.16. The van der Waals surface area contributed by atoms with E-state index in [-0.39, 0.29) is 5.41 Å². The molecule has 10 aromatic carbocycles. The second-order valence-electron chi connectivity index (χ2n) is 18.0. The number of fused-ring (bicyclic) bond motifs is 14. The summed E-state index contributed by atoms with van der Waals surface area (Å²) in [6, 6.07) is 73.2. The highest BCUT2D eigenvalue weighted by Crippen LogP contribution is 2.56. The van der Waals surface area contributed by atoms with E-state index in [9.17, 15) is 0 Å². The Kier molecular flexibility index (Phi) is 7.68. The van der Waals surface area contributed by atoms with Gasteiger partial charge in [0.2, 0.25) is 0 Å². The summed E-state index contributed by atoms with van der Waals surface area (Å²) in [6.07, 6.45) is 0. The Morgan fingerprint density at radius 2 is 0.833 bits per heavy atom. The van der Waals surface area contributed by atoms with Crippen LogP contribution >= 0.6 is 0 Å². The van der Waals surface area contributed by atoms with Gasteiger partial charge in [0.15, 0.2) is 11.2 Å². The SMILES string of the molecule is CC1(C)c2cc3oc4cc(N(c5ccccc5)c5cccc6c5oc5ccccc56)ccc4c3cc2-c2c1cc(N(c1ccccc1)c1cccc3c1oc1ccccc13)c1ccccc21. The molecule has 312 valence electrons. The minimum Gasteiger partial charge on any atom is -0.456 e. The molecule has 0 bridgehead atoms. The summed E-state index contributed by atoms with van der Waals surface area (Å²) in [5, 5.41) is 8.95. The van der Waals surface area contributed by atoms with Crippen molar-refractivity contribution in [2.24, 2.45) is 0 Å². The smallest absolute Gasteiger partial charge is 0.159 e. The first-order valence-corrected chi connectivity index (χ1v) is 22.6. The Hall–Kier alpha value is -8.54. The van der Waals surface area contributed by atoms with Gasteiger partial charge in [0.05, 0.1) is 22.7 Å². The molecule has 14 rings (SSSR count). The van der Waals surface area contributed by atoms with Gasteiger partial charge in [-0.3, -0.25) is 0 Å². The Balaban J connectivity index is 0.952. The fourth-order valence-electron chi connectivity index (χ4n) is 10.9. The lowest BCUT2D eigenvalue weighted by molar-refractivity contribution is 0.647. The molecule has 1 aliphatic rings. The van der Waals surface area contributed by atoms with Crippen molar-refractivity contribution in [2.75, 3.05) is 9.80 Å². The Bertz CT molecular complexity index is 4100. The van der Waals surface area contributed by atoms with Gasteiger partial charge in [-0.25, -0.2) is 0 Å². The molecule has 0 N–H and O–H groups in total. The number of furan rings is 3. The number of para-hydroxylation sites is 6. The van der Waals surface area contributed by atoms with E-state index in [4.69, 9.17) is 13.3 Å². The Morgan fingerprint density at radius 1 is 0.318 bits per heavy atom. The average molecular weight is 849 g/mol. The number of hydrogen-bond acceptors (Lipinski definition) is 5. The monoisotopic (exact) mass is 848 g/mol. The number of rotatable bonds is 6. The van der Waals surface area contributed by atoms with Crippen LogP contribution in [0, 0.1) is 0 Å². The van der Waals surface area contributed by atoms with Crippen molar-refractivity contribution in [1.29, 1.82) is 0 Å². The molecule has 13 aromatic rings. The molecule has 0 saturated carbocycles. The van der Waals surface area contributed by atoms with Gasteiger partial charge in [-0.2, -0.15) is 0 Å². The minimum absolute atomic E-state index is 0.342. The summed E-state index contributed by atoms with van der Waals surface area (Å²) in [6.45, 7) is 4.71. The van der Waals surface area contributed by atoms with E-state index in [2.05, 4.69) is 212 Å². The Labute approximate surface area is 379 Å². The predicted octanol–water partition coefficient (Wildman–Crippen LogP) is 17.8. The molecule has 66 heavy (non-hydrogen) atoms. The molecule has 0 aliphatic heterocycles. The number of nitrogens with zero attached hydrogens (tertiary/aromatic N) is 2. The molecular weight excluding hydrogens is 809 g/mol. The van der Waals surface area contributed by atoms with Gasteiger partial charge in [-0.05, 0) is 107 Å². The first kappa shape index (κ1) is 36.9. The van der Waals surface area contributed by atoms with Crippen LogP contribution in [-0.4, -0.2) is 0 Å². The topological polar surface area (TPSA) is 45.9 Å². The van der Waals surface area contributed by atoms with Crippen molar-refractivity contribution in [3.8, 4) is 11.1 Å². The largest absolute Gasteiger partial charge is 0.456 e. The Morgan fingerprint density at radius 3 is 1.48 bits per heavy atom. The lowest BCUT2D eigenvalue weighted by Gasteiger charge is -2.29. The van der Waals surface area contributed by atoms with Crippen LogP contribution in [0.25, 0.3) is 87.7 Å². The van der Waals surface area contributed by atoms with E-state index in [1.54, 1.807) is 0 Å². The maximum absolute atomic E-state index is 6.93. The third kappa shape index (κ3) is 5.22. The van der Waals surface area contributed by atoms with Crippen molar-refractivity contribution in [1.82, 2.24) is 0 Å². The maximum atomic E-state index is 6.93. The first-order valence-electron chi connectivity index (χ1n) is 22.6. The molecule has 3 heterocycles. The molecule has 0 fully saturated rings. The van der Waals surface area contributed by atoms with Crippen LogP contribution in [0.1, 0.15) is 25.0 Å². The highest BCUT2D eigenvalue weighted by atomic mass is 16.3. The predicted molar refractivity (Wildman–Crippen MR) is 273 cm³/mol. The van der Waals surface area contributed by atoms with E-state index >= 15 is 0 Å². The standard InChI is InChI=1S/C61H40N2O3/c1-61(2)49-36-57-47(43-32-31-39(33-56(43)64-57)62(37-17-5-3-6-18-37)51-27-15-25-45-41-22-11-13-29-54(41)65-59(45)51)34-48(49)58-44-24-10-9-21-40(44)53(35-50(58)61)63(38-19-7-4-8-20-38)52-28-16-26-46-42-23-12-14-30-55(42)66-60(46)52/h3-36H,1-2H3. The zero-order chi connectivity index (χ0) is 43.7. The molecule has 1 aliphatic carbocycles. The van der Waals surface area contributed by atoms with Crippen molar-refractivity contribution in [2.45, 2.75) is 19.3 Å². The van der Waals surface area contributed by atoms with E-state index < -0.39 is 0 Å². The summed E-state index contributed by atoms with van der Waals surface area (Å²) in [5.41, 5.74) is 16.0. The second-order valence-corrected chi connectivity index (χ2v) is 18.0. The van der Waals surface area contributed by atoms with Gasteiger partial charge in [-0.1, -0.05) is 135 Å². The quantitative estimate of drug-likeness (QED) is 0.167. The van der Waals surface area contributed by atoms with E-state index in [0.29, 0.717) is 0 Å². The summed E-state index contributed by atoms with van der Waals surface area (Å²) in [5.74, 6) is 0. The lowest BCUT2D eigenvalue weighted by Crippen LogP contribution is -2.17. The van der Waals surface area contributed by atoms with Crippen LogP contribution in [0.5, 0.6) is 0 Å². The fourth-order valence-corrected chi connectivity index (χ4v) is 10.9. The highest BCUT2D eigenvalue weighted by Gasteiger charge is 2.39. The fraction of sp³-hybridized carbons (Fsp3) is 0.0492. The molecule has 0 radical (unpaired) electrons. The van der Waals surface area contributed by atoms with Crippen molar-refractivity contribution in [3.05, 3.63) is 217 Å². The summed E-state index contributed by atoms with van der Waals surface area (Å²) in [7, 11) is 0. The van der Waals surface area contributed by atoms with E-state index in [0.717, 1.165) is 99.9 Å². The van der Waals surface area contributed by atoms with Gasteiger partial charge < -0.3 is 23.1 Å². The van der Waals surface area contributed by atoms with Crippen LogP contribution in [0.2, 0.25) is 0 Å². The summed E-state index contributed by atoms with van der Waals surface area (Å²) < 4.78 is 20.2. The van der Waals surface area contributed by atoms with Gasteiger partial charge in [0, 0.05) is 60.6 Å². The van der Waals surface area contributed by atoms with Crippen LogP contribution in [0.15, 0.2) is 220 Å². The molecule has 0 atom stereocenters. The van der Waals surface area contributed by atoms with Crippen LogP contribution in [0.4, 0.5) is 34.1 Å². The molecule has 0 amide bonds. The van der Waals surface area contributed by atoms with Crippen molar-refractivity contribution >= 4 is 111 Å². The average Bonchev–Trinajstić information content (AvgIpc) is 4.10. The number of hydrogen-bond donors (Lipinski definition) is 0. The van der Waals surface area contributed by atoms with Crippen molar-refractivity contribution in [3.63, 3.8) is 0 Å². The van der Waals surface area contributed by atoms with Gasteiger partial charge in [0.25, 0.3) is 0 Å². The van der Waals surface area contributed by atoms with Gasteiger partial charge >= 0.3 is 0 Å². The lowest BCUT2D eigenvalue weighted by atomic mass is 9.81. The molecule has 0 unspecified atom stereocenters. The van der Waals surface area contributed by atoms with Crippen molar-refractivity contribution < 1.29 is 13.3 Å². The van der Waals surface area contributed by atoms with Crippen LogP contribution < -0.4 is 9.80 Å². The molecule has 0 saturated heterocycles. The molecular formula is C61H40N2O3. The van der Waals surface area contributed by atoms with E-state index in [1.807, 2.05) is 18.2 Å². The number of anilines is 6. The minimum atomic E-state index is -0.342. The molecule has 5 nitrogen and oxygen atoms in total. The van der Waals surface area contributed by atoms with Crippen LogP contribution in [0.3, 0.4) is 0 Å². The van der Waals surface area contributed by atoms with Gasteiger partial charge in [-0.15, -0.1) is 0 Å². The first-order chi connectivity index (χ1) is 32.5. The van der Waals surface area contributed by atoms with Gasteiger partial charge in [0.1, 0.15) is 22.3 Å². The second kappa shape index (κ2) is 13.7. The molecule has 0 spiro atoms. The summed E-state index contributed by atoms with van der Waals surface area (Å²) in [4.78, 5) is 4.66. The third-order valence-corrected chi connectivity index (χ3v) is 14.0.